The Kier molecular flexibility index (Phi) is 6.49. The smallest absolute Gasteiger partial charge is 0.253 e. The lowest BCUT2D eigenvalue weighted by Crippen LogP contribution is -2.41. The van der Waals surface area contributed by atoms with Crippen LogP contribution in [0.4, 0.5) is 0 Å². The van der Waals surface area contributed by atoms with Gasteiger partial charge in [0, 0.05) is 31.2 Å². The Bertz CT molecular complexity index is 549. The van der Waals surface area contributed by atoms with Crippen LogP contribution in [0.5, 0.6) is 0 Å². The molecule has 25 heavy (non-hydrogen) atoms. The summed E-state index contributed by atoms with van der Waals surface area (Å²) >= 11 is 0. The van der Waals surface area contributed by atoms with Gasteiger partial charge in [-0.25, -0.2) is 0 Å². The van der Waals surface area contributed by atoms with Crippen molar-refractivity contribution in [2.24, 2.45) is 11.7 Å². The summed E-state index contributed by atoms with van der Waals surface area (Å²) in [6.45, 7) is 7.21. The molecule has 0 aromatic heterocycles. The van der Waals surface area contributed by atoms with Gasteiger partial charge in [-0.1, -0.05) is 18.6 Å². The van der Waals surface area contributed by atoms with Crippen LogP contribution in [-0.2, 0) is 6.54 Å². The Morgan fingerprint density at radius 1 is 1.08 bits per heavy atom. The molecule has 4 nitrogen and oxygen atoms in total. The van der Waals surface area contributed by atoms with E-state index in [9.17, 15) is 4.79 Å². The second-order valence-corrected chi connectivity index (χ2v) is 7.81. The highest BCUT2D eigenvalue weighted by Crippen LogP contribution is 2.24. The Labute approximate surface area is 152 Å². The third kappa shape index (κ3) is 4.83. The lowest BCUT2D eigenvalue weighted by atomic mass is 9.92. The molecule has 1 atom stereocenters. The van der Waals surface area contributed by atoms with Gasteiger partial charge in [0.15, 0.2) is 0 Å². The Balaban J connectivity index is 1.43. The summed E-state index contributed by atoms with van der Waals surface area (Å²) < 4.78 is 0. The lowest BCUT2D eigenvalue weighted by molar-refractivity contribution is 0.0673. The Morgan fingerprint density at radius 2 is 1.80 bits per heavy atom. The molecule has 0 spiro atoms. The van der Waals surface area contributed by atoms with Crippen LogP contribution >= 0.6 is 0 Å². The molecule has 1 unspecified atom stereocenters. The van der Waals surface area contributed by atoms with E-state index < -0.39 is 0 Å². The molecule has 2 aliphatic rings. The normalized spacial score (nSPS) is 23.0. The van der Waals surface area contributed by atoms with Crippen molar-refractivity contribution >= 4 is 5.91 Å². The molecule has 1 aromatic rings. The van der Waals surface area contributed by atoms with Crippen LogP contribution in [0.15, 0.2) is 24.3 Å². The largest absolute Gasteiger partial charge is 0.339 e. The second-order valence-electron chi connectivity index (χ2n) is 7.81. The van der Waals surface area contributed by atoms with Crippen molar-refractivity contribution in [1.82, 2.24) is 9.80 Å². The molecule has 0 saturated carbocycles. The summed E-state index contributed by atoms with van der Waals surface area (Å²) in [5, 5.41) is 0. The first-order valence-corrected chi connectivity index (χ1v) is 9.99. The number of nitrogens with two attached hydrogens (primary N) is 1. The fourth-order valence-corrected chi connectivity index (χ4v) is 4.23. The first kappa shape index (κ1) is 18.4. The van der Waals surface area contributed by atoms with E-state index in [1.165, 1.54) is 38.8 Å². The number of benzene rings is 1. The zero-order valence-corrected chi connectivity index (χ0v) is 15.6. The summed E-state index contributed by atoms with van der Waals surface area (Å²) in [5.41, 5.74) is 7.49. The van der Waals surface area contributed by atoms with Crippen LogP contribution in [0.3, 0.4) is 0 Å². The van der Waals surface area contributed by atoms with Crippen molar-refractivity contribution < 1.29 is 4.79 Å². The van der Waals surface area contributed by atoms with E-state index in [4.69, 9.17) is 5.73 Å². The van der Waals surface area contributed by atoms with Crippen LogP contribution in [0, 0.1) is 5.92 Å². The molecule has 138 valence electrons. The molecular formula is C21H33N3O. The van der Waals surface area contributed by atoms with Crippen LogP contribution in [0.25, 0.3) is 0 Å². The Morgan fingerprint density at radius 3 is 2.44 bits per heavy atom. The number of carbonyl (C=O) groups is 1. The maximum Gasteiger partial charge on any atom is 0.253 e. The molecule has 2 saturated heterocycles. The molecule has 0 radical (unpaired) electrons. The van der Waals surface area contributed by atoms with E-state index in [2.05, 4.69) is 11.8 Å². The number of hydrogen-bond donors (Lipinski definition) is 1. The van der Waals surface area contributed by atoms with Gasteiger partial charge in [-0.2, -0.15) is 0 Å². The standard InChI is InChI=1S/C21H33N3O/c1-17-4-2-3-12-23(17)13-9-18-10-14-24(15-11-18)21(25)20-7-5-19(16-22)6-8-20/h5-8,17-18H,2-4,9-16,22H2,1H3. The van der Waals surface area contributed by atoms with E-state index in [-0.39, 0.29) is 5.91 Å². The molecule has 2 aliphatic heterocycles. The van der Waals surface area contributed by atoms with Crippen molar-refractivity contribution in [3.63, 3.8) is 0 Å². The summed E-state index contributed by atoms with van der Waals surface area (Å²) in [6.07, 6.45) is 7.70. The van der Waals surface area contributed by atoms with E-state index in [1.807, 2.05) is 29.2 Å². The number of rotatable bonds is 5. The molecule has 4 heteroatoms. The number of piperidine rings is 2. The number of amides is 1. The van der Waals surface area contributed by atoms with E-state index >= 15 is 0 Å². The zero-order chi connectivity index (χ0) is 17.6. The van der Waals surface area contributed by atoms with Crippen molar-refractivity contribution in [2.75, 3.05) is 26.2 Å². The SMILES string of the molecule is CC1CCCCN1CCC1CCN(C(=O)c2ccc(CN)cc2)CC1. The summed E-state index contributed by atoms with van der Waals surface area (Å²) in [4.78, 5) is 17.3. The van der Waals surface area contributed by atoms with Gasteiger partial charge in [-0.3, -0.25) is 4.79 Å². The lowest BCUT2D eigenvalue weighted by Gasteiger charge is -2.36. The van der Waals surface area contributed by atoms with Crippen LogP contribution in [-0.4, -0.2) is 47.9 Å². The number of carbonyl (C=O) groups excluding carboxylic acids is 1. The van der Waals surface area contributed by atoms with E-state index in [0.717, 1.165) is 49.0 Å². The minimum absolute atomic E-state index is 0.173. The summed E-state index contributed by atoms with van der Waals surface area (Å²) in [5.74, 6) is 0.949. The molecule has 0 aliphatic carbocycles. The average molecular weight is 344 g/mol. The average Bonchev–Trinajstić information content (AvgIpc) is 2.67. The highest BCUT2D eigenvalue weighted by atomic mass is 16.2. The number of likely N-dealkylation sites (tertiary alicyclic amines) is 2. The minimum Gasteiger partial charge on any atom is -0.339 e. The van der Waals surface area contributed by atoms with Gasteiger partial charge in [0.1, 0.15) is 0 Å². The molecule has 0 bridgehead atoms. The highest BCUT2D eigenvalue weighted by Gasteiger charge is 2.25. The predicted molar refractivity (Wildman–Crippen MR) is 102 cm³/mol. The van der Waals surface area contributed by atoms with Gasteiger partial charge in [0.25, 0.3) is 5.91 Å². The van der Waals surface area contributed by atoms with Crippen molar-refractivity contribution in [1.29, 1.82) is 0 Å². The Hall–Kier alpha value is -1.39. The molecule has 2 N–H and O–H groups in total. The van der Waals surface area contributed by atoms with Gasteiger partial charge in [-0.15, -0.1) is 0 Å². The van der Waals surface area contributed by atoms with Crippen molar-refractivity contribution in [3.05, 3.63) is 35.4 Å². The highest BCUT2D eigenvalue weighted by molar-refractivity contribution is 5.94. The maximum atomic E-state index is 12.6. The minimum atomic E-state index is 0.173. The third-order valence-corrected chi connectivity index (χ3v) is 6.10. The number of hydrogen-bond acceptors (Lipinski definition) is 3. The monoisotopic (exact) mass is 343 g/mol. The number of nitrogens with zero attached hydrogens (tertiary/aromatic N) is 2. The molecule has 2 heterocycles. The first-order valence-electron chi connectivity index (χ1n) is 9.99. The van der Waals surface area contributed by atoms with Crippen LogP contribution in [0.1, 0.15) is 61.4 Å². The molecule has 1 aromatic carbocycles. The predicted octanol–water partition coefficient (Wildman–Crippen LogP) is 3.26. The van der Waals surface area contributed by atoms with Gasteiger partial charge < -0.3 is 15.5 Å². The molecule has 1 amide bonds. The fraction of sp³-hybridized carbons (Fsp3) is 0.667. The van der Waals surface area contributed by atoms with Gasteiger partial charge in [0.2, 0.25) is 0 Å². The first-order chi connectivity index (χ1) is 12.2. The quantitative estimate of drug-likeness (QED) is 0.893. The summed E-state index contributed by atoms with van der Waals surface area (Å²) in [7, 11) is 0. The zero-order valence-electron chi connectivity index (χ0n) is 15.6. The molecule has 3 rings (SSSR count). The topological polar surface area (TPSA) is 49.6 Å². The van der Waals surface area contributed by atoms with Gasteiger partial charge >= 0.3 is 0 Å². The summed E-state index contributed by atoms with van der Waals surface area (Å²) in [6, 6.07) is 8.49. The maximum absolute atomic E-state index is 12.6. The molecule has 2 fully saturated rings. The third-order valence-electron chi connectivity index (χ3n) is 6.10. The van der Waals surface area contributed by atoms with E-state index in [0.29, 0.717) is 6.54 Å². The fourth-order valence-electron chi connectivity index (χ4n) is 4.23. The van der Waals surface area contributed by atoms with Crippen LogP contribution in [0.2, 0.25) is 0 Å². The van der Waals surface area contributed by atoms with Gasteiger partial charge in [0.05, 0.1) is 0 Å². The molecular weight excluding hydrogens is 310 g/mol. The van der Waals surface area contributed by atoms with Crippen LogP contribution < -0.4 is 5.73 Å². The van der Waals surface area contributed by atoms with Gasteiger partial charge in [-0.05, 0) is 75.7 Å². The van der Waals surface area contributed by atoms with Crippen molar-refractivity contribution in [3.8, 4) is 0 Å². The second kappa shape index (κ2) is 8.81. The van der Waals surface area contributed by atoms with E-state index in [1.54, 1.807) is 0 Å². The van der Waals surface area contributed by atoms with Crippen molar-refractivity contribution in [2.45, 2.75) is 58.0 Å².